The van der Waals surface area contributed by atoms with Crippen LogP contribution in [0.3, 0.4) is 0 Å². The van der Waals surface area contributed by atoms with Gasteiger partial charge in [-0.1, -0.05) is 48.5 Å². The number of alkyl carbamates (subject to hydrolysis) is 1. The maximum atomic E-state index is 14.4. The Hall–Kier alpha value is -4.86. The van der Waals surface area contributed by atoms with E-state index in [0.717, 1.165) is 16.7 Å². The van der Waals surface area contributed by atoms with Crippen LogP contribution in [0.4, 0.5) is 26.7 Å². The van der Waals surface area contributed by atoms with E-state index in [9.17, 15) is 19.2 Å². The van der Waals surface area contributed by atoms with Crippen LogP contribution in [-0.2, 0) is 20.7 Å². The molecule has 3 aromatic rings. The molecule has 0 aromatic heterocycles. The Labute approximate surface area is 264 Å². The van der Waals surface area contributed by atoms with Gasteiger partial charge in [0.25, 0.3) is 0 Å². The van der Waals surface area contributed by atoms with Crippen molar-refractivity contribution in [3.05, 3.63) is 78.4 Å². The summed E-state index contributed by atoms with van der Waals surface area (Å²) < 4.78 is 5.54. The molecule has 1 unspecified atom stereocenters. The van der Waals surface area contributed by atoms with Crippen LogP contribution in [-0.4, -0.2) is 42.1 Å². The fourth-order valence-corrected chi connectivity index (χ4v) is 5.65. The van der Waals surface area contributed by atoms with Crippen LogP contribution >= 0.6 is 0 Å². The number of nitrogens with one attached hydrogen (secondary N) is 5. The van der Waals surface area contributed by atoms with Crippen molar-refractivity contribution >= 4 is 41.0 Å². The third-order valence-electron chi connectivity index (χ3n) is 8.43. The van der Waals surface area contributed by atoms with Crippen LogP contribution in [0.5, 0.6) is 0 Å². The Kier molecular flexibility index (Phi) is 9.56. The molecule has 10 nitrogen and oxygen atoms in total. The van der Waals surface area contributed by atoms with Crippen molar-refractivity contribution in [3.63, 3.8) is 0 Å². The number of fused-ring (bicyclic) bond motifs is 1. The smallest absolute Gasteiger partial charge is 0.408 e. The van der Waals surface area contributed by atoms with Crippen molar-refractivity contribution in [3.8, 4) is 11.1 Å². The first-order valence-corrected chi connectivity index (χ1v) is 15.0. The van der Waals surface area contributed by atoms with E-state index >= 15 is 0 Å². The number of hydrogen-bond donors (Lipinski definition) is 5. The highest BCUT2D eigenvalue weighted by Crippen LogP contribution is 2.44. The second kappa shape index (κ2) is 13.0. The molecule has 5 amide bonds. The van der Waals surface area contributed by atoms with E-state index < -0.39 is 34.5 Å². The summed E-state index contributed by atoms with van der Waals surface area (Å²) in [6, 6.07) is 21.9. The Morgan fingerprint density at radius 3 is 2.16 bits per heavy atom. The van der Waals surface area contributed by atoms with Crippen LogP contribution in [0.25, 0.3) is 11.1 Å². The summed E-state index contributed by atoms with van der Waals surface area (Å²) in [7, 11) is 1.55. The largest absolute Gasteiger partial charge is 0.444 e. The molecule has 0 fully saturated rings. The molecular weight excluding hydrogens is 570 g/mol. The number of anilines is 3. The van der Waals surface area contributed by atoms with Gasteiger partial charge in [0.2, 0.25) is 11.8 Å². The van der Waals surface area contributed by atoms with Gasteiger partial charge < -0.3 is 31.3 Å². The summed E-state index contributed by atoms with van der Waals surface area (Å²) in [6.07, 6.45) is 0.279. The average Bonchev–Trinajstić information content (AvgIpc) is 3.14. The topological polar surface area (TPSA) is 138 Å². The normalized spacial score (nSPS) is 16.2. The summed E-state index contributed by atoms with van der Waals surface area (Å²) in [6.45, 7) is 10.5. The maximum absolute atomic E-state index is 14.4. The molecule has 0 bridgehead atoms. The summed E-state index contributed by atoms with van der Waals surface area (Å²) in [5.74, 6) is -1.52. The Bertz CT molecular complexity index is 1580. The number of benzene rings is 3. The summed E-state index contributed by atoms with van der Waals surface area (Å²) in [5, 5.41) is 14.3. The Morgan fingerprint density at radius 2 is 1.49 bits per heavy atom. The molecule has 10 heteroatoms. The number of aryl methyl sites for hydroxylation is 1. The van der Waals surface area contributed by atoms with E-state index in [2.05, 4.69) is 26.6 Å². The molecule has 238 valence electrons. The van der Waals surface area contributed by atoms with Gasteiger partial charge in [0.15, 0.2) is 0 Å². The standard InChI is InChI=1S/C35H43N5O5/c1-33(2,3)45-32(44)40-34(4,5)35(6,26-21-18-23-12-8-10-14-27(23)38-29(26)41)30(42)37-24-19-16-22(17-20-24)25-13-9-11-15-28(25)39-31(43)36-7/h8-17,19-20,26H,18,21H2,1-7H3,(H,37,42)(H,38,41)(H,40,44)(H2,36,39,43)/t26-,35?/m0/s1. The van der Waals surface area contributed by atoms with E-state index in [4.69, 9.17) is 4.74 Å². The third kappa shape index (κ3) is 7.45. The summed E-state index contributed by atoms with van der Waals surface area (Å²) in [5.41, 5.74) is 1.09. The van der Waals surface area contributed by atoms with Crippen LogP contribution < -0.4 is 26.6 Å². The predicted octanol–water partition coefficient (Wildman–Crippen LogP) is 6.55. The fraction of sp³-hybridized carbons (Fsp3) is 0.371. The molecule has 0 saturated heterocycles. The van der Waals surface area contributed by atoms with E-state index in [1.807, 2.05) is 60.7 Å². The number of rotatable bonds is 7. The Morgan fingerprint density at radius 1 is 0.844 bits per heavy atom. The lowest BCUT2D eigenvalue weighted by atomic mass is 9.62. The van der Waals surface area contributed by atoms with E-state index in [1.165, 1.54) is 0 Å². The van der Waals surface area contributed by atoms with Crippen molar-refractivity contribution in [2.75, 3.05) is 23.0 Å². The quantitative estimate of drug-likeness (QED) is 0.206. The number of carbonyl (C=O) groups excluding carboxylic acids is 4. The van der Waals surface area contributed by atoms with Crippen molar-refractivity contribution in [1.29, 1.82) is 0 Å². The Balaban J connectivity index is 1.66. The number of carbonyl (C=O) groups is 4. The molecule has 0 saturated carbocycles. The highest BCUT2D eigenvalue weighted by Gasteiger charge is 2.56. The monoisotopic (exact) mass is 613 g/mol. The van der Waals surface area contributed by atoms with Gasteiger partial charge in [-0.3, -0.25) is 9.59 Å². The molecule has 4 rings (SSSR count). The third-order valence-corrected chi connectivity index (χ3v) is 8.43. The van der Waals surface area contributed by atoms with Gasteiger partial charge in [0.1, 0.15) is 5.60 Å². The first-order chi connectivity index (χ1) is 21.1. The molecule has 0 aliphatic carbocycles. The highest BCUT2D eigenvalue weighted by atomic mass is 16.6. The zero-order valence-corrected chi connectivity index (χ0v) is 27.0. The zero-order valence-electron chi connectivity index (χ0n) is 27.0. The predicted molar refractivity (Wildman–Crippen MR) is 177 cm³/mol. The highest BCUT2D eigenvalue weighted by molar-refractivity contribution is 6.03. The number of para-hydroxylation sites is 2. The molecule has 3 aromatic carbocycles. The first-order valence-electron chi connectivity index (χ1n) is 15.0. The number of hydrogen-bond acceptors (Lipinski definition) is 5. The number of ether oxygens (including phenoxy) is 1. The van der Waals surface area contributed by atoms with Gasteiger partial charge in [0, 0.05) is 24.0 Å². The lowest BCUT2D eigenvalue weighted by Crippen LogP contribution is -2.64. The van der Waals surface area contributed by atoms with Gasteiger partial charge in [0.05, 0.1) is 22.6 Å². The van der Waals surface area contributed by atoms with Crippen molar-refractivity contribution in [1.82, 2.24) is 10.6 Å². The number of urea groups is 1. The van der Waals surface area contributed by atoms with Crippen LogP contribution in [0.1, 0.15) is 53.5 Å². The van der Waals surface area contributed by atoms with Gasteiger partial charge in [-0.2, -0.15) is 0 Å². The molecular formula is C35H43N5O5. The van der Waals surface area contributed by atoms with Crippen LogP contribution in [0, 0.1) is 11.3 Å². The van der Waals surface area contributed by atoms with E-state index in [0.29, 0.717) is 29.9 Å². The second-order valence-electron chi connectivity index (χ2n) is 13.0. The minimum atomic E-state index is -1.42. The summed E-state index contributed by atoms with van der Waals surface area (Å²) >= 11 is 0. The molecule has 1 heterocycles. The lowest BCUT2D eigenvalue weighted by molar-refractivity contribution is -0.141. The minimum Gasteiger partial charge on any atom is -0.444 e. The summed E-state index contributed by atoms with van der Waals surface area (Å²) in [4.78, 5) is 53.2. The zero-order chi connectivity index (χ0) is 33.0. The SMILES string of the molecule is CNC(=O)Nc1ccccc1-c1ccc(NC(=O)C(C)([C@H]2CCc3ccccc3NC2=O)C(C)(C)NC(=O)OC(C)(C)C)cc1. The van der Waals surface area contributed by atoms with Crippen LogP contribution in [0.15, 0.2) is 72.8 Å². The van der Waals surface area contributed by atoms with Gasteiger partial charge in [-0.05, 0) is 89.8 Å². The molecule has 5 N–H and O–H groups in total. The molecule has 0 spiro atoms. The molecule has 45 heavy (non-hydrogen) atoms. The van der Waals surface area contributed by atoms with Crippen molar-refractivity contribution in [2.45, 2.75) is 65.5 Å². The minimum absolute atomic E-state index is 0.299. The van der Waals surface area contributed by atoms with Gasteiger partial charge in [-0.25, -0.2) is 9.59 Å². The van der Waals surface area contributed by atoms with Crippen molar-refractivity contribution in [2.24, 2.45) is 11.3 Å². The van der Waals surface area contributed by atoms with Gasteiger partial charge in [-0.15, -0.1) is 0 Å². The molecule has 1 aliphatic heterocycles. The molecule has 1 aliphatic rings. The number of amides is 5. The lowest BCUT2D eigenvalue weighted by Gasteiger charge is -2.47. The molecule has 0 radical (unpaired) electrons. The average molecular weight is 614 g/mol. The maximum Gasteiger partial charge on any atom is 0.408 e. The first kappa shape index (κ1) is 33.0. The van der Waals surface area contributed by atoms with Gasteiger partial charge >= 0.3 is 12.1 Å². The van der Waals surface area contributed by atoms with Crippen LogP contribution in [0.2, 0.25) is 0 Å². The van der Waals surface area contributed by atoms with Crippen molar-refractivity contribution < 1.29 is 23.9 Å². The molecule has 2 atom stereocenters. The second-order valence-corrected chi connectivity index (χ2v) is 13.0. The van der Waals surface area contributed by atoms with E-state index in [-0.39, 0.29) is 11.9 Å². The van der Waals surface area contributed by atoms with E-state index in [1.54, 1.807) is 60.7 Å². The fourth-order valence-electron chi connectivity index (χ4n) is 5.65.